The van der Waals surface area contributed by atoms with Crippen LogP contribution >= 0.6 is 24.0 Å². The van der Waals surface area contributed by atoms with Crippen molar-refractivity contribution >= 4 is 29.9 Å². The van der Waals surface area contributed by atoms with E-state index >= 15 is 0 Å². The first-order valence-corrected chi connectivity index (χ1v) is 8.75. The number of aryl methyl sites for hydroxylation is 1. The van der Waals surface area contributed by atoms with Crippen LogP contribution in [0.3, 0.4) is 0 Å². The summed E-state index contributed by atoms with van der Waals surface area (Å²) in [6, 6.07) is 0.543. The minimum Gasteiger partial charge on any atom is -0.355 e. The van der Waals surface area contributed by atoms with Crippen LogP contribution in [-0.2, 0) is 13.0 Å². The van der Waals surface area contributed by atoms with Gasteiger partial charge in [0, 0.05) is 25.6 Å². The smallest absolute Gasteiger partial charge is 0.191 e. The fourth-order valence-corrected chi connectivity index (χ4v) is 2.84. The Bertz CT molecular complexity index is 519. The highest BCUT2D eigenvalue weighted by Gasteiger charge is 2.14. The van der Waals surface area contributed by atoms with E-state index in [0.717, 1.165) is 36.9 Å². The Morgan fingerprint density at radius 1 is 1.38 bits per heavy atom. The Morgan fingerprint density at radius 2 is 2.12 bits per heavy atom. The average Bonchev–Trinajstić information content (AvgIpc) is 3.01. The standard InChI is InChI=1S/C17H30N6.HI/c1-4-16-22-20-13-23(16)11-10-18-17(19-12-14(2)3)21-15-8-6-5-7-9-15;/h13,15H,2,4-12H2,1,3H3,(H2,18,19,21);1H. The first kappa shape index (κ1) is 20.9. The third-order valence-corrected chi connectivity index (χ3v) is 4.11. The highest BCUT2D eigenvalue weighted by atomic mass is 127. The van der Waals surface area contributed by atoms with E-state index in [9.17, 15) is 0 Å². The maximum absolute atomic E-state index is 4.63. The molecule has 1 saturated carbocycles. The van der Waals surface area contributed by atoms with Gasteiger partial charge < -0.3 is 15.2 Å². The van der Waals surface area contributed by atoms with Crippen LogP contribution in [0.5, 0.6) is 0 Å². The zero-order valence-corrected chi connectivity index (χ0v) is 17.3. The molecule has 1 aromatic rings. The summed E-state index contributed by atoms with van der Waals surface area (Å²) < 4.78 is 2.09. The zero-order chi connectivity index (χ0) is 16.5. The molecule has 0 bridgehead atoms. The molecule has 0 amide bonds. The third kappa shape index (κ3) is 7.19. The monoisotopic (exact) mass is 446 g/mol. The minimum atomic E-state index is 0. The minimum absolute atomic E-state index is 0. The van der Waals surface area contributed by atoms with E-state index in [1.165, 1.54) is 32.1 Å². The Morgan fingerprint density at radius 3 is 2.79 bits per heavy atom. The van der Waals surface area contributed by atoms with Gasteiger partial charge in [-0.15, -0.1) is 34.2 Å². The van der Waals surface area contributed by atoms with Crippen molar-refractivity contribution in [1.29, 1.82) is 0 Å². The molecule has 0 spiro atoms. The second kappa shape index (κ2) is 11.4. The van der Waals surface area contributed by atoms with Crippen LogP contribution in [0.4, 0.5) is 0 Å². The lowest BCUT2D eigenvalue weighted by molar-refractivity contribution is 0.409. The number of hydrogen-bond acceptors (Lipinski definition) is 3. The van der Waals surface area contributed by atoms with Crippen LogP contribution in [0.2, 0.25) is 0 Å². The number of halogens is 1. The quantitative estimate of drug-likeness (QED) is 0.293. The van der Waals surface area contributed by atoms with E-state index in [2.05, 4.69) is 43.9 Å². The predicted molar refractivity (Wildman–Crippen MR) is 110 cm³/mol. The molecule has 0 radical (unpaired) electrons. The van der Waals surface area contributed by atoms with Crippen molar-refractivity contribution in [3.63, 3.8) is 0 Å². The fraction of sp³-hybridized carbons (Fsp3) is 0.706. The van der Waals surface area contributed by atoms with Crippen molar-refractivity contribution in [1.82, 2.24) is 25.4 Å². The molecular weight excluding hydrogens is 415 g/mol. The number of nitrogens with zero attached hydrogens (tertiary/aromatic N) is 4. The number of guanidine groups is 1. The molecule has 1 heterocycles. The second-order valence-corrected chi connectivity index (χ2v) is 6.32. The highest BCUT2D eigenvalue weighted by molar-refractivity contribution is 14.0. The SMILES string of the molecule is C=C(C)CN=C(NCCn1cnnc1CC)NC1CCCCC1.I. The van der Waals surface area contributed by atoms with E-state index in [4.69, 9.17) is 0 Å². The largest absolute Gasteiger partial charge is 0.355 e. The molecule has 24 heavy (non-hydrogen) atoms. The average molecular weight is 446 g/mol. The summed E-state index contributed by atoms with van der Waals surface area (Å²) in [4.78, 5) is 4.63. The summed E-state index contributed by atoms with van der Waals surface area (Å²) in [6.45, 7) is 10.3. The number of rotatable bonds is 7. The Balaban J connectivity index is 0.00000288. The summed E-state index contributed by atoms with van der Waals surface area (Å²) in [6.07, 6.45) is 9.14. The molecule has 0 saturated heterocycles. The molecule has 1 aromatic heterocycles. The van der Waals surface area contributed by atoms with Crippen LogP contribution in [-0.4, -0.2) is 39.9 Å². The van der Waals surface area contributed by atoms with E-state index < -0.39 is 0 Å². The van der Waals surface area contributed by atoms with Crippen molar-refractivity contribution in [2.24, 2.45) is 4.99 Å². The maximum atomic E-state index is 4.63. The van der Waals surface area contributed by atoms with Gasteiger partial charge in [-0.2, -0.15) is 0 Å². The molecule has 1 fully saturated rings. The molecule has 7 heteroatoms. The number of aromatic nitrogens is 3. The molecule has 0 atom stereocenters. The Hall–Kier alpha value is -1.12. The molecule has 0 unspecified atom stereocenters. The first-order chi connectivity index (χ1) is 11.2. The van der Waals surface area contributed by atoms with E-state index in [0.29, 0.717) is 12.6 Å². The van der Waals surface area contributed by atoms with Gasteiger partial charge in [-0.05, 0) is 19.8 Å². The first-order valence-electron chi connectivity index (χ1n) is 8.75. The molecule has 1 aliphatic rings. The highest BCUT2D eigenvalue weighted by Crippen LogP contribution is 2.17. The van der Waals surface area contributed by atoms with Gasteiger partial charge in [0.05, 0.1) is 6.54 Å². The van der Waals surface area contributed by atoms with E-state index in [1.54, 1.807) is 6.33 Å². The lowest BCUT2D eigenvalue weighted by Crippen LogP contribution is -2.45. The summed E-state index contributed by atoms with van der Waals surface area (Å²) >= 11 is 0. The van der Waals surface area contributed by atoms with Gasteiger partial charge in [0.25, 0.3) is 0 Å². The molecular formula is C17H31IN6. The zero-order valence-electron chi connectivity index (χ0n) is 14.9. The van der Waals surface area contributed by atoms with Crippen molar-refractivity contribution in [2.75, 3.05) is 13.1 Å². The van der Waals surface area contributed by atoms with Gasteiger partial charge in [0.1, 0.15) is 12.2 Å². The summed E-state index contributed by atoms with van der Waals surface area (Å²) in [5.41, 5.74) is 1.07. The van der Waals surface area contributed by atoms with Crippen molar-refractivity contribution in [2.45, 2.75) is 65.0 Å². The van der Waals surface area contributed by atoms with Crippen LogP contribution in [0.15, 0.2) is 23.5 Å². The molecule has 0 aromatic carbocycles. The molecule has 6 nitrogen and oxygen atoms in total. The number of hydrogen-bond donors (Lipinski definition) is 2. The third-order valence-electron chi connectivity index (χ3n) is 4.11. The molecule has 2 rings (SSSR count). The summed E-state index contributed by atoms with van der Waals surface area (Å²) in [5, 5.41) is 15.1. The van der Waals surface area contributed by atoms with Crippen LogP contribution < -0.4 is 10.6 Å². The van der Waals surface area contributed by atoms with Crippen LogP contribution in [0, 0.1) is 0 Å². The van der Waals surface area contributed by atoms with Crippen molar-refractivity contribution in [3.8, 4) is 0 Å². The number of aliphatic imine (C=N–C) groups is 1. The number of nitrogens with one attached hydrogen (secondary N) is 2. The van der Waals surface area contributed by atoms with Crippen molar-refractivity contribution < 1.29 is 0 Å². The van der Waals surface area contributed by atoms with Gasteiger partial charge in [0.2, 0.25) is 0 Å². The summed E-state index contributed by atoms with van der Waals surface area (Å²) in [5.74, 6) is 1.92. The van der Waals surface area contributed by atoms with Gasteiger partial charge in [0.15, 0.2) is 5.96 Å². The van der Waals surface area contributed by atoms with Gasteiger partial charge in [-0.3, -0.25) is 0 Å². The molecule has 1 aliphatic carbocycles. The fourth-order valence-electron chi connectivity index (χ4n) is 2.84. The van der Waals surface area contributed by atoms with Crippen molar-refractivity contribution in [3.05, 3.63) is 24.3 Å². The molecule has 0 aliphatic heterocycles. The maximum Gasteiger partial charge on any atom is 0.191 e. The second-order valence-electron chi connectivity index (χ2n) is 6.32. The topological polar surface area (TPSA) is 67.1 Å². The van der Waals surface area contributed by atoms with Crippen LogP contribution in [0.25, 0.3) is 0 Å². The molecule has 2 N–H and O–H groups in total. The van der Waals surface area contributed by atoms with Gasteiger partial charge in [-0.25, -0.2) is 4.99 Å². The Kier molecular flexibility index (Phi) is 9.97. The predicted octanol–water partition coefficient (Wildman–Crippen LogP) is 2.90. The summed E-state index contributed by atoms with van der Waals surface area (Å²) in [7, 11) is 0. The Labute approximate surface area is 162 Å². The van der Waals surface area contributed by atoms with Gasteiger partial charge >= 0.3 is 0 Å². The van der Waals surface area contributed by atoms with E-state index in [-0.39, 0.29) is 24.0 Å². The lowest BCUT2D eigenvalue weighted by atomic mass is 9.96. The molecule has 136 valence electrons. The van der Waals surface area contributed by atoms with Crippen LogP contribution in [0.1, 0.15) is 51.8 Å². The normalized spacial score (nSPS) is 15.7. The van der Waals surface area contributed by atoms with Gasteiger partial charge in [-0.1, -0.05) is 38.3 Å². The lowest BCUT2D eigenvalue weighted by Gasteiger charge is -2.25. The van der Waals surface area contributed by atoms with E-state index in [1.807, 2.05) is 6.92 Å².